The molecule has 5 heteroatoms. The molecular weight excluding hydrogens is 208 g/mol. The molecule has 1 aromatic heterocycles. The van der Waals surface area contributed by atoms with E-state index in [0.29, 0.717) is 17.1 Å². The maximum Gasteiger partial charge on any atom is 0.346 e. The Morgan fingerprint density at radius 1 is 1.62 bits per heavy atom. The second-order valence-electron chi connectivity index (χ2n) is 3.31. The molecule has 0 saturated heterocycles. The van der Waals surface area contributed by atoms with Crippen LogP contribution in [0.25, 0.3) is 0 Å². The molecule has 1 atom stereocenters. The molecular formula is C11H14N2O3. The van der Waals surface area contributed by atoms with Gasteiger partial charge in [0.1, 0.15) is 5.56 Å². The molecule has 5 nitrogen and oxygen atoms in total. The molecule has 1 aromatic rings. The highest BCUT2D eigenvalue weighted by atomic mass is 16.5. The summed E-state index contributed by atoms with van der Waals surface area (Å²) in [4.78, 5) is 11.8. The third kappa shape index (κ3) is 2.16. The van der Waals surface area contributed by atoms with Crippen LogP contribution < -0.4 is 4.74 Å². The maximum absolute atomic E-state index is 11.8. The molecule has 0 aromatic carbocycles. The van der Waals surface area contributed by atoms with Crippen molar-refractivity contribution in [1.82, 2.24) is 9.78 Å². The molecule has 0 radical (unpaired) electrons. The van der Waals surface area contributed by atoms with Crippen LogP contribution in [0.2, 0.25) is 0 Å². The largest absolute Gasteiger partial charge is 0.481 e. The van der Waals surface area contributed by atoms with E-state index in [9.17, 15) is 4.79 Å². The summed E-state index contributed by atoms with van der Waals surface area (Å²) >= 11 is 0. The van der Waals surface area contributed by atoms with E-state index in [2.05, 4.69) is 11.0 Å². The Bertz CT molecular complexity index is 443. The van der Waals surface area contributed by atoms with Crippen LogP contribution in [-0.4, -0.2) is 29.0 Å². The van der Waals surface area contributed by atoms with Crippen LogP contribution in [0.5, 0.6) is 5.88 Å². The van der Waals surface area contributed by atoms with Crippen LogP contribution in [0.1, 0.15) is 23.0 Å². The van der Waals surface area contributed by atoms with Gasteiger partial charge in [0.25, 0.3) is 0 Å². The highest BCUT2D eigenvalue weighted by Gasteiger charge is 2.23. The van der Waals surface area contributed by atoms with Gasteiger partial charge in [0.2, 0.25) is 5.88 Å². The second kappa shape index (κ2) is 4.71. The summed E-state index contributed by atoms with van der Waals surface area (Å²) in [5.41, 5.74) is 0.862. The van der Waals surface area contributed by atoms with Crippen molar-refractivity contribution < 1.29 is 14.3 Å². The predicted molar refractivity (Wildman–Crippen MR) is 58.2 cm³/mol. The number of esters is 1. The molecule has 0 unspecified atom stereocenters. The summed E-state index contributed by atoms with van der Waals surface area (Å²) in [7, 11) is 3.16. The molecule has 0 aliphatic carbocycles. The van der Waals surface area contributed by atoms with E-state index in [1.165, 1.54) is 11.8 Å². The van der Waals surface area contributed by atoms with Crippen molar-refractivity contribution in [3.63, 3.8) is 0 Å². The van der Waals surface area contributed by atoms with Crippen LogP contribution in [0.4, 0.5) is 0 Å². The van der Waals surface area contributed by atoms with Gasteiger partial charge in [-0.15, -0.1) is 6.42 Å². The summed E-state index contributed by atoms with van der Waals surface area (Å²) in [5.74, 6) is 2.17. The molecule has 0 saturated carbocycles. The SMILES string of the molecule is C#C[C@@H](C)OC(=O)c1c(C)nn(C)c1OC. The number of nitrogens with zero attached hydrogens (tertiary/aromatic N) is 2. The molecule has 0 N–H and O–H groups in total. The minimum atomic E-state index is -0.572. The van der Waals surface area contributed by atoms with E-state index in [0.717, 1.165) is 0 Å². The zero-order valence-electron chi connectivity index (χ0n) is 9.77. The molecule has 1 heterocycles. The molecule has 0 fully saturated rings. The number of rotatable bonds is 3. The fraction of sp³-hybridized carbons (Fsp3) is 0.455. The number of hydrogen-bond acceptors (Lipinski definition) is 4. The van der Waals surface area contributed by atoms with E-state index < -0.39 is 12.1 Å². The third-order valence-electron chi connectivity index (χ3n) is 2.09. The Hall–Kier alpha value is -1.96. The van der Waals surface area contributed by atoms with Gasteiger partial charge in [-0.25, -0.2) is 9.48 Å². The van der Waals surface area contributed by atoms with Crippen LogP contribution in [0, 0.1) is 19.3 Å². The summed E-state index contributed by atoms with van der Waals surface area (Å²) in [6.45, 7) is 3.33. The number of aryl methyl sites for hydroxylation is 2. The standard InChI is InChI=1S/C11H14N2O3/c1-6-7(2)16-11(14)9-8(3)12-13(4)10(9)15-5/h1,7H,2-5H3/t7-/m1/s1. The van der Waals surface area contributed by atoms with Gasteiger partial charge >= 0.3 is 5.97 Å². The van der Waals surface area contributed by atoms with E-state index >= 15 is 0 Å². The van der Waals surface area contributed by atoms with Gasteiger partial charge < -0.3 is 9.47 Å². The van der Waals surface area contributed by atoms with Crippen LogP contribution >= 0.6 is 0 Å². The lowest BCUT2D eigenvalue weighted by Crippen LogP contribution is -2.14. The van der Waals surface area contributed by atoms with Gasteiger partial charge in [-0.3, -0.25) is 0 Å². The van der Waals surface area contributed by atoms with Crippen molar-refractivity contribution in [3.8, 4) is 18.2 Å². The quantitative estimate of drug-likeness (QED) is 0.563. The van der Waals surface area contributed by atoms with Crippen LogP contribution in [0.3, 0.4) is 0 Å². The molecule has 0 bridgehead atoms. The van der Waals surface area contributed by atoms with Crippen molar-refractivity contribution in [2.45, 2.75) is 20.0 Å². The van der Waals surface area contributed by atoms with Gasteiger partial charge in [-0.05, 0) is 13.8 Å². The summed E-state index contributed by atoms with van der Waals surface area (Å²) in [5, 5.41) is 4.08. The zero-order valence-corrected chi connectivity index (χ0v) is 9.77. The Morgan fingerprint density at radius 2 is 2.25 bits per heavy atom. The highest BCUT2D eigenvalue weighted by molar-refractivity contribution is 5.93. The van der Waals surface area contributed by atoms with E-state index in [4.69, 9.17) is 15.9 Å². The summed E-state index contributed by atoms with van der Waals surface area (Å²) in [6.07, 6.45) is 4.56. The Labute approximate surface area is 94.3 Å². The van der Waals surface area contributed by atoms with Gasteiger partial charge in [0.15, 0.2) is 6.10 Å². The molecule has 0 aliphatic heterocycles. The molecule has 16 heavy (non-hydrogen) atoms. The van der Waals surface area contributed by atoms with Crippen molar-refractivity contribution >= 4 is 5.97 Å². The van der Waals surface area contributed by atoms with E-state index in [1.807, 2.05) is 0 Å². The third-order valence-corrected chi connectivity index (χ3v) is 2.09. The Morgan fingerprint density at radius 3 is 2.75 bits per heavy atom. The van der Waals surface area contributed by atoms with Gasteiger partial charge in [-0.2, -0.15) is 5.10 Å². The topological polar surface area (TPSA) is 53.3 Å². The molecule has 0 aliphatic rings. The summed E-state index contributed by atoms with van der Waals surface area (Å²) < 4.78 is 11.6. The second-order valence-corrected chi connectivity index (χ2v) is 3.31. The van der Waals surface area contributed by atoms with Gasteiger partial charge in [0.05, 0.1) is 12.8 Å². The average Bonchev–Trinajstić information content (AvgIpc) is 2.52. The first-order valence-corrected chi connectivity index (χ1v) is 4.76. The number of ether oxygens (including phenoxy) is 2. The summed E-state index contributed by atoms with van der Waals surface area (Å²) in [6, 6.07) is 0. The first-order chi connectivity index (χ1) is 7.51. The number of aromatic nitrogens is 2. The monoisotopic (exact) mass is 222 g/mol. The number of carbonyl (C=O) groups excluding carboxylic acids is 1. The lowest BCUT2D eigenvalue weighted by molar-refractivity contribution is 0.0434. The van der Waals surface area contributed by atoms with Crippen LogP contribution in [0.15, 0.2) is 0 Å². The zero-order chi connectivity index (χ0) is 12.3. The molecule has 0 amide bonds. The molecule has 86 valence electrons. The minimum Gasteiger partial charge on any atom is -0.481 e. The smallest absolute Gasteiger partial charge is 0.346 e. The molecule has 1 rings (SSSR count). The Kier molecular flexibility index (Phi) is 3.56. The fourth-order valence-electron chi connectivity index (χ4n) is 1.36. The fourth-order valence-corrected chi connectivity index (χ4v) is 1.36. The predicted octanol–water partition coefficient (Wildman–Crippen LogP) is 0.916. The van der Waals surface area contributed by atoms with Crippen LogP contribution in [-0.2, 0) is 11.8 Å². The number of terminal acetylenes is 1. The maximum atomic E-state index is 11.8. The van der Waals surface area contributed by atoms with Crippen molar-refractivity contribution in [1.29, 1.82) is 0 Å². The Balaban J connectivity index is 3.04. The minimum absolute atomic E-state index is 0.312. The van der Waals surface area contributed by atoms with Gasteiger partial charge in [0, 0.05) is 7.05 Å². The van der Waals surface area contributed by atoms with Crippen molar-refractivity contribution in [3.05, 3.63) is 11.3 Å². The first-order valence-electron chi connectivity index (χ1n) is 4.76. The molecule has 0 spiro atoms. The first kappa shape index (κ1) is 12.1. The van der Waals surface area contributed by atoms with Crippen molar-refractivity contribution in [2.24, 2.45) is 7.05 Å². The number of carbonyl (C=O) groups is 1. The average molecular weight is 222 g/mol. The lowest BCUT2D eigenvalue weighted by atomic mass is 10.2. The normalized spacial score (nSPS) is 11.7. The number of methoxy groups -OCH3 is 1. The van der Waals surface area contributed by atoms with E-state index in [1.54, 1.807) is 20.9 Å². The van der Waals surface area contributed by atoms with E-state index in [-0.39, 0.29) is 0 Å². The number of hydrogen-bond donors (Lipinski definition) is 0. The lowest BCUT2D eigenvalue weighted by Gasteiger charge is -2.08. The van der Waals surface area contributed by atoms with Crippen molar-refractivity contribution in [2.75, 3.05) is 7.11 Å². The van der Waals surface area contributed by atoms with Gasteiger partial charge in [-0.1, -0.05) is 5.92 Å². The highest BCUT2D eigenvalue weighted by Crippen LogP contribution is 2.22.